The first kappa shape index (κ1) is 25.8. The molecule has 1 aliphatic carbocycles. The van der Waals surface area contributed by atoms with Gasteiger partial charge in [-0.05, 0) is 54.8 Å². The van der Waals surface area contributed by atoms with Crippen LogP contribution in [0.5, 0.6) is 17.2 Å². The SMILES string of the molecule is Nc1ncnc2c1c(-c1ccc(Oc3ccccc3)cc1)cn2C1CCC(OC(=O)Oc2ccc([N+](=O)[O-])cc2)C1. The van der Waals surface area contributed by atoms with Crippen molar-refractivity contribution in [3.05, 3.63) is 102 Å². The van der Waals surface area contributed by atoms with Crippen molar-refractivity contribution in [2.75, 3.05) is 5.73 Å². The number of ether oxygens (including phenoxy) is 3. The van der Waals surface area contributed by atoms with Crippen LogP contribution in [0.2, 0.25) is 0 Å². The molecule has 0 saturated heterocycles. The minimum Gasteiger partial charge on any atom is -0.457 e. The first-order valence-electron chi connectivity index (χ1n) is 13.0. The molecule has 41 heavy (non-hydrogen) atoms. The van der Waals surface area contributed by atoms with E-state index in [0.29, 0.717) is 30.1 Å². The number of non-ortho nitro benzene ring substituents is 1. The molecule has 0 radical (unpaired) electrons. The third-order valence-electron chi connectivity index (χ3n) is 7.04. The molecular weight excluding hydrogens is 526 g/mol. The number of carbonyl (C=O) groups is 1. The van der Waals surface area contributed by atoms with Gasteiger partial charge < -0.3 is 24.5 Å². The summed E-state index contributed by atoms with van der Waals surface area (Å²) >= 11 is 0. The lowest BCUT2D eigenvalue weighted by Crippen LogP contribution is -2.19. The van der Waals surface area contributed by atoms with E-state index in [1.165, 1.54) is 30.6 Å². The monoisotopic (exact) mass is 551 g/mol. The van der Waals surface area contributed by atoms with Crippen molar-refractivity contribution in [3.8, 4) is 28.4 Å². The van der Waals surface area contributed by atoms with E-state index in [1.807, 2.05) is 60.8 Å². The summed E-state index contributed by atoms with van der Waals surface area (Å²) in [6.07, 6.45) is 4.21. The van der Waals surface area contributed by atoms with Gasteiger partial charge in [0.05, 0.1) is 10.3 Å². The molecule has 0 bridgehead atoms. The van der Waals surface area contributed by atoms with Crippen molar-refractivity contribution >= 4 is 28.7 Å². The summed E-state index contributed by atoms with van der Waals surface area (Å²) in [6, 6.07) is 22.6. The van der Waals surface area contributed by atoms with Gasteiger partial charge in [0.1, 0.15) is 41.1 Å². The predicted octanol–water partition coefficient (Wildman–Crippen LogP) is 6.69. The first-order valence-corrected chi connectivity index (χ1v) is 13.0. The summed E-state index contributed by atoms with van der Waals surface area (Å²) in [7, 11) is 0. The van der Waals surface area contributed by atoms with Crippen LogP contribution < -0.4 is 15.2 Å². The Kier molecular flexibility index (Phi) is 6.90. The summed E-state index contributed by atoms with van der Waals surface area (Å²) in [6.45, 7) is 0. The molecule has 2 atom stereocenters. The minimum atomic E-state index is -0.855. The summed E-state index contributed by atoms with van der Waals surface area (Å²) in [4.78, 5) is 31.4. The number of hydrogen-bond donors (Lipinski definition) is 1. The Morgan fingerprint density at radius 3 is 2.37 bits per heavy atom. The van der Waals surface area contributed by atoms with E-state index in [4.69, 9.17) is 19.9 Å². The van der Waals surface area contributed by atoms with Crippen molar-refractivity contribution in [2.24, 2.45) is 0 Å². The van der Waals surface area contributed by atoms with Gasteiger partial charge in [0.15, 0.2) is 0 Å². The average molecular weight is 552 g/mol. The molecule has 3 aromatic carbocycles. The van der Waals surface area contributed by atoms with Gasteiger partial charge >= 0.3 is 6.16 Å². The molecule has 5 aromatic rings. The quantitative estimate of drug-likeness (QED) is 0.101. The van der Waals surface area contributed by atoms with Gasteiger partial charge in [-0.15, -0.1) is 0 Å². The van der Waals surface area contributed by atoms with E-state index in [2.05, 4.69) is 14.5 Å². The van der Waals surface area contributed by atoms with E-state index in [0.717, 1.165) is 28.7 Å². The van der Waals surface area contributed by atoms with E-state index in [9.17, 15) is 14.9 Å². The lowest BCUT2D eigenvalue weighted by Gasteiger charge is -2.15. The fraction of sp³-hybridized carbons (Fsp3) is 0.167. The molecule has 2 unspecified atom stereocenters. The highest BCUT2D eigenvalue weighted by molar-refractivity contribution is 6.00. The Balaban J connectivity index is 1.17. The molecule has 2 aromatic heterocycles. The number of hydrogen-bond acceptors (Lipinski definition) is 9. The maximum atomic E-state index is 12.4. The number of benzene rings is 3. The zero-order valence-corrected chi connectivity index (χ0v) is 21.8. The number of fused-ring (bicyclic) bond motifs is 1. The molecule has 0 spiro atoms. The first-order chi connectivity index (χ1) is 19.9. The third kappa shape index (κ3) is 5.50. The van der Waals surface area contributed by atoms with Crippen molar-refractivity contribution in [1.82, 2.24) is 14.5 Å². The van der Waals surface area contributed by atoms with E-state index < -0.39 is 11.1 Å². The minimum absolute atomic E-state index is 0.0124. The van der Waals surface area contributed by atoms with Gasteiger partial charge in [0.25, 0.3) is 5.69 Å². The summed E-state index contributed by atoms with van der Waals surface area (Å²) in [5.41, 5.74) is 8.76. The smallest absolute Gasteiger partial charge is 0.457 e. The van der Waals surface area contributed by atoms with Crippen LogP contribution >= 0.6 is 0 Å². The van der Waals surface area contributed by atoms with Crippen molar-refractivity contribution in [1.29, 1.82) is 0 Å². The number of nitro benzene ring substituents is 1. The highest BCUT2D eigenvalue weighted by Crippen LogP contribution is 2.40. The highest BCUT2D eigenvalue weighted by Gasteiger charge is 2.31. The van der Waals surface area contributed by atoms with Crippen LogP contribution in [0.1, 0.15) is 25.3 Å². The normalized spacial score (nSPS) is 16.4. The number of para-hydroxylation sites is 1. The molecule has 2 heterocycles. The van der Waals surface area contributed by atoms with Crippen LogP contribution in [-0.4, -0.2) is 31.7 Å². The Morgan fingerprint density at radius 2 is 1.63 bits per heavy atom. The van der Waals surface area contributed by atoms with Gasteiger partial charge in [-0.2, -0.15) is 0 Å². The van der Waals surface area contributed by atoms with Gasteiger partial charge in [0.2, 0.25) is 0 Å². The molecule has 6 rings (SSSR count). The fourth-order valence-electron chi connectivity index (χ4n) is 5.10. The van der Waals surface area contributed by atoms with E-state index in [1.54, 1.807) is 0 Å². The zero-order valence-electron chi connectivity index (χ0n) is 21.8. The molecule has 1 aliphatic rings. The fourth-order valence-corrected chi connectivity index (χ4v) is 5.10. The lowest BCUT2D eigenvalue weighted by molar-refractivity contribution is -0.384. The van der Waals surface area contributed by atoms with Crippen LogP contribution in [0.15, 0.2) is 91.4 Å². The molecule has 1 saturated carbocycles. The molecular formula is C30H25N5O6. The number of nitrogen functional groups attached to an aromatic ring is 1. The molecule has 206 valence electrons. The van der Waals surface area contributed by atoms with Crippen LogP contribution in [-0.2, 0) is 4.74 Å². The van der Waals surface area contributed by atoms with Crippen LogP contribution in [0.4, 0.5) is 16.3 Å². The number of nitrogens with zero attached hydrogens (tertiary/aromatic N) is 4. The van der Waals surface area contributed by atoms with Crippen molar-refractivity contribution in [3.63, 3.8) is 0 Å². The zero-order chi connectivity index (χ0) is 28.3. The molecule has 11 nitrogen and oxygen atoms in total. The Bertz CT molecular complexity index is 1700. The Hall–Kier alpha value is -5.45. The van der Waals surface area contributed by atoms with E-state index in [-0.39, 0.29) is 23.6 Å². The largest absolute Gasteiger partial charge is 0.514 e. The highest BCUT2D eigenvalue weighted by atomic mass is 16.7. The van der Waals surface area contributed by atoms with Gasteiger partial charge in [-0.25, -0.2) is 14.8 Å². The second-order valence-electron chi connectivity index (χ2n) is 9.66. The van der Waals surface area contributed by atoms with Crippen molar-refractivity contribution < 1.29 is 23.9 Å². The maximum Gasteiger partial charge on any atom is 0.514 e. The Labute approximate surface area is 234 Å². The Morgan fingerprint density at radius 1 is 0.927 bits per heavy atom. The lowest BCUT2D eigenvalue weighted by atomic mass is 10.1. The second kappa shape index (κ2) is 11.0. The summed E-state index contributed by atoms with van der Waals surface area (Å²) in [5, 5.41) is 11.6. The number of anilines is 1. The molecule has 0 amide bonds. The summed E-state index contributed by atoms with van der Waals surface area (Å²) in [5.74, 6) is 2.02. The van der Waals surface area contributed by atoms with E-state index >= 15 is 0 Å². The molecule has 0 aliphatic heterocycles. The average Bonchev–Trinajstić information content (AvgIpc) is 3.60. The van der Waals surface area contributed by atoms with Crippen LogP contribution in [0, 0.1) is 10.1 Å². The topological polar surface area (TPSA) is 145 Å². The van der Waals surface area contributed by atoms with Crippen LogP contribution in [0.25, 0.3) is 22.2 Å². The predicted molar refractivity (Wildman–Crippen MR) is 151 cm³/mol. The maximum absolute atomic E-state index is 12.4. The van der Waals surface area contributed by atoms with Gasteiger partial charge in [-0.1, -0.05) is 30.3 Å². The third-order valence-corrected chi connectivity index (χ3v) is 7.04. The second-order valence-corrected chi connectivity index (χ2v) is 9.66. The van der Waals surface area contributed by atoms with Crippen LogP contribution in [0.3, 0.4) is 0 Å². The number of nitro groups is 1. The van der Waals surface area contributed by atoms with Gasteiger partial charge in [0, 0.05) is 36.4 Å². The number of aromatic nitrogens is 3. The summed E-state index contributed by atoms with van der Waals surface area (Å²) < 4.78 is 18.8. The van der Waals surface area contributed by atoms with Crippen molar-refractivity contribution in [2.45, 2.75) is 31.4 Å². The number of carbonyl (C=O) groups excluding carboxylic acids is 1. The molecule has 11 heteroatoms. The number of rotatable bonds is 7. The standard InChI is InChI=1S/C30H25N5O6/c31-28-27-26(19-6-11-23(12-7-19)39-22-4-2-1-3-5-22)17-34(29(27)33-18-32-28)21-10-15-25(16-21)41-30(36)40-24-13-8-20(9-14-24)35(37)38/h1-9,11-14,17-18,21,25H,10,15-16H2,(H2,31,32,33). The molecule has 1 fully saturated rings. The molecule has 2 N–H and O–H groups in total. The van der Waals surface area contributed by atoms with Gasteiger partial charge in [-0.3, -0.25) is 10.1 Å². The number of nitrogens with two attached hydrogens (primary N) is 1.